The summed E-state index contributed by atoms with van der Waals surface area (Å²) in [6.07, 6.45) is 0. The molecule has 3 N–H and O–H groups in total. The molecule has 1 amide bonds. The van der Waals surface area contributed by atoms with Crippen LogP contribution >= 0.6 is 0 Å². The molecule has 4 heteroatoms. The van der Waals surface area contributed by atoms with Crippen molar-refractivity contribution in [1.29, 1.82) is 0 Å². The topological polar surface area (TPSA) is 55.1 Å². The molecule has 0 fully saturated rings. The van der Waals surface area contributed by atoms with E-state index < -0.39 is 6.04 Å². The molecule has 3 nitrogen and oxygen atoms in total. The van der Waals surface area contributed by atoms with Crippen molar-refractivity contribution in [2.75, 3.05) is 0 Å². The van der Waals surface area contributed by atoms with E-state index in [1.807, 2.05) is 34.6 Å². The number of amides is 1. The quantitative estimate of drug-likeness (QED) is 0.890. The normalized spacial score (nSPS) is 15.0. The first kappa shape index (κ1) is 16.6. The molecule has 1 aromatic rings. The Labute approximate surface area is 120 Å². The fourth-order valence-corrected chi connectivity index (χ4v) is 2.00. The van der Waals surface area contributed by atoms with E-state index in [0.717, 1.165) is 5.56 Å². The minimum atomic E-state index is -0.541. The van der Waals surface area contributed by atoms with Gasteiger partial charge in [0.05, 0.1) is 12.1 Å². The Morgan fingerprint density at radius 1 is 1.20 bits per heavy atom. The first-order valence-electron chi connectivity index (χ1n) is 6.94. The molecule has 0 aliphatic heterocycles. The van der Waals surface area contributed by atoms with Gasteiger partial charge < -0.3 is 11.1 Å². The van der Waals surface area contributed by atoms with Crippen LogP contribution in [-0.4, -0.2) is 11.9 Å². The van der Waals surface area contributed by atoms with E-state index >= 15 is 0 Å². The van der Waals surface area contributed by atoms with Gasteiger partial charge in [-0.3, -0.25) is 4.79 Å². The zero-order valence-corrected chi connectivity index (χ0v) is 12.9. The summed E-state index contributed by atoms with van der Waals surface area (Å²) in [6, 6.07) is 5.46. The molecular weight excluding hydrogens is 255 g/mol. The van der Waals surface area contributed by atoms with Gasteiger partial charge in [-0.15, -0.1) is 0 Å². The highest BCUT2D eigenvalue weighted by Crippen LogP contribution is 2.32. The Hall–Kier alpha value is -1.42. The fourth-order valence-electron chi connectivity index (χ4n) is 2.00. The lowest BCUT2D eigenvalue weighted by atomic mass is 9.82. The first-order chi connectivity index (χ1) is 9.12. The summed E-state index contributed by atoms with van der Waals surface area (Å²) < 4.78 is 13.0. The SMILES string of the molecule is CC(C)C(N)C(=O)NC(c1ccc(F)cc1)C(C)(C)C. The summed E-state index contributed by atoms with van der Waals surface area (Å²) in [6.45, 7) is 9.91. The number of benzene rings is 1. The molecule has 0 saturated carbocycles. The fraction of sp³-hybridized carbons (Fsp3) is 0.562. The molecule has 0 aliphatic carbocycles. The van der Waals surface area contributed by atoms with Crippen LogP contribution in [0.3, 0.4) is 0 Å². The van der Waals surface area contributed by atoms with Crippen LogP contribution in [0.1, 0.15) is 46.2 Å². The maximum Gasteiger partial charge on any atom is 0.237 e. The molecule has 0 bridgehead atoms. The number of hydrogen-bond acceptors (Lipinski definition) is 2. The van der Waals surface area contributed by atoms with Gasteiger partial charge in [-0.2, -0.15) is 0 Å². The van der Waals surface area contributed by atoms with Gasteiger partial charge in [0.1, 0.15) is 5.82 Å². The minimum absolute atomic E-state index is 0.0730. The Morgan fingerprint density at radius 2 is 1.70 bits per heavy atom. The van der Waals surface area contributed by atoms with Gasteiger partial charge in [0.2, 0.25) is 5.91 Å². The third-order valence-electron chi connectivity index (χ3n) is 3.38. The molecule has 112 valence electrons. The number of carbonyl (C=O) groups excluding carboxylic acids is 1. The number of rotatable bonds is 4. The van der Waals surface area contributed by atoms with Crippen molar-refractivity contribution in [2.24, 2.45) is 17.1 Å². The second kappa shape index (κ2) is 6.35. The average molecular weight is 280 g/mol. The van der Waals surface area contributed by atoms with Crippen LogP contribution in [0.4, 0.5) is 4.39 Å². The summed E-state index contributed by atoms with van der Waals surface area (Å²) in [5.41, 5.74) is 6.57. The van der Waals surface area contributed by atoms with Crippen LogP contribution in [0.15, 0.2) is 24.3 Å². The van der Waals surface area contributed by atoms with Crippen molar-refractivity contribution in [3.05, 3.63) is 35.6 Å². The lowest BCUT2D eigenvalue weighted by molar-refractivity contribution is -0.124. The molecule has 1 rings (SSSR count). The van der Waals surface area contributed by atoms with Gasteiger partial charge >= 0.3 is 0 Å². The van der Waals surface area contributed by atoms with E-state index in [-0.39, 0.29) is 29.1 Å². The van der Waals surface area contributed by atoms with Gasteiger partial charge in [0.15, 0.2) is 0 Å². The average Bonchev–Trinajstić information content (AvgIpc) is 2.34. The van der Waals surface area contributed by atoms with Crippen LogP contribution in [-0.2, 0) is 4.79 Å². The molecule has 2 unspecified atom stereocenters. The molecule has 20 heavy (non-hydrogen) atoms. The van der Waals surface area contributed by atoms with E-state index in [1.54, 1.807) is 12.1 Å². The second-order valence-electron chi connectivity index (χ2n) is 6.63. The number of nitrogens with two attached hydrogens (primary N) is 1. The molecule has 0 saturated heterocycles. The van der Waals surface area contributed by atoms with Gasteiger partial charge in [-0.1, -0.05) is 46.8 Å². The monoisotopic (exact) mass is 280 g/mol. The van der Waals surface area contributed by atoms with E-state index in [1.165, 1.54) is 12.1 Å². The standard InChI is InChI=1S/C16H25FN2O/c1-10(2)13(18)15(20)19-14(16(3,4)5)11-6-8-12(17)9-7-11/h6-10,13-14H,18H2,1-5H3,(H,19,20). The van der Waals surface area contributed by atoms with Crippen molar-refractivity contribution in [3.8, 4) is 0 Å². The lowest BCUT2D eigenvalue weighted by Gasteiger charge is -2.33. The molecule has 0 radical (unpaired) electrons. The summed E-state index contributed by atoms with van der Waals surface area (Å²) >= 11 is 0. The van der Waals surface area contributed by atoms with Crippen molar-refractivity contribution >= 4 is 5.91 Å². The van der Waals surface area contributed by atoms with Gasteiger partial charge in [-0.05, 0) is 29.0 Å². The summed E-state index contributed by atoms with van der Waals surface area (Å²) in [7, 11) is 0. The highest BCUT2D eigenvalue weighted by molar-refractivity contribution is 5.82. The summed E-state index contributed by atoms with van der Waals surface area (Å²) in [5.74, 6) is -0.389. The van der Waals surface area contributed by atoms with Crippen LogP contribution in [0.25, 0.3) is 0 Å². The van der Waals surface area contributed by atoms with Crippen LogP contribution < -0.4 is 11.1 Å². The Balaban J connectivity index is 2.97. The van der Waals surface area contributed by atoms with E-state index in [4.69, 9.17) is 5.73 Å². The minimum Gasteiger partial charge on any atom is -0.347 e. The second-order valence-corrected chi connectivity index (χ2v) is 6.63. The summed E-state index contributed by atoms with van der Waals surface area (Å²) in [4.78, 5) is 12.2. The number of carbonyl (C=O) groups is 1. The molecule has 2 atom stereocenters. The Kier molecular flexibility index (Phi) is 5.28. The molecule has 0 aromatic heterocycles. The molecule has 0 heterocycles. The predicted octanol–water partition coefficient (Wildman–Crippen LogP) is 3.01. The van der Waals surface area contributed by atoms with Crippen molar-refractivity contribution in [2.45, 2.75) is 46.7 Å². The maximum absolute atomic E-state index is 13.0. The molecule has 1 aromatic carbocycles. The number of halogens is 1. The number of nitrogens with one attached hydrogen (secondary N) is 1. The maximum atomic E-state index is 13.0. The van der Waals surface area contributed by atoms with Crippen LogP contribution in [0.5, 0.6) is 0 Å². The van der Waals surface area contributed by atoms with E-state index in [9.17, 15) is 9.18 Å². The predicted molar refractivity (Wildman–Crippen MR) is 79.6 cm³/mol. The third-order valence-corrected chi connectivity index (χ3v) is 3.38. The van der Waals surface area contributed by atoms with Crippen LogP contribution in [0, 0.1) is 17.2 Å². The van der Waals surface area contributed by atoms with Gasteiger partial charge in [-0.25, -0.2) is 4.39 Å². The molecule has 0 spiro atoms. The Bertz CT molecular complexity index is 449. The highest BCUT2D eigenvalue weighted by atomic mass is 19.1. The van der Waals surface area contributed by atoms with Crippen LogP contribution in [0.2, 0.25) is 0 Å². The first-order valence-corrected chi connectivity index (χ1v) is 6.94. The zero-order valence-electron chi connectivity index (χ0n) is 12.9. The molecule has 0 aliphatic rings. The Morgan fingerprint density at radius 3 is 2.10 bits per heavy atom. The van der Waals surface area contributed by atoms with Crippen molar-refractivity contribution in [3.63, 3.8) is 0 Å². The zero-order chi connectivity index (χ0) is 15.5. The number of hydrogen-bond donors (Lipinski definition) is 2. The van der Waals surface area contributed by atoms with E-state index in [0.29, 0.717) is 0 Å². The van der Waals surface area contributed by atoms with E-state index in [2.05, 4.69) is 5.32 Å². The third kappa shape index (κ3) is 4.30. The largest absolute Gasteiger partial charge is 0.347 e. The molecular formula is C16H25FN2O. The highest BCUT2D eigenvalue weighted by Gasteiger charge is 2.30. The van der Waals surface area contributed by atoms with Crippen molar-refractivity contribution < 1.29 is 9.18 Å². The van der Waals surface area contributed by atoms with Gasteiger partial charge in [0.25, 0.3) is 0 Å². The van der Waals surface area contributed by atoms with Gasteiger partial charge in [0, 0.05) is 0 Å². The summed E-state index contributed by atoms with van der Waals surface area (Å²) in [5, 5.41) is 2.99. The lowest BCUT2D eigenvalue weighted by Crippen LogP contribution is -2.47. The smallest absolute Gasteiger partial charge is 0.237 e. The van der Waals surface area contributed by atoms with Crippen molar-refractivity contribution in [1.82, 2.24) is 5.32 Å².